The third-order valence-corrected chi connectivity index (χ3v) is 10.4. The summed E-state index contributed by atoms with van der Waals surface area (Å²) >= 11 is 0. The number of halogens is 3. The molecule has 3 aliphatic heterocycles. The summed E-state index contributed by atoms with van der Waals surface area (Å²) in [5, 5.41) is 4.03. The highest BCUT2D eigenvalue weighted by Crippen LogP contribution is 2.37. The average Bonchev–Trinajstić information content (AvgIpc) is 3.27. The van der Waals surface area contributed by atoms with E-state index < -0.39 is 21.6 Å². The number of amides is 1. The topological polar surface area (TPSA) is 94.3 Å². The lowest BCUT2D eigenvalue weighted by atomic mass is 9.98. The summed E-state index contributed by atoms with van der Waals surface area (Å²) < 4.78 is 67.2. The van der Waals surface area contributed by atoms with Crippen LogP contribution in [0.15, 0.2) is 35.5 Å². The highest BCUT2D eigenvalue weighted by Gasteiger charge is 2.35. The van der Waals surface area contributed by atoms with E-state index in [0.29, 0.717) is 74.9 Å². The molecule has 14 heteroatoms. The number of piperidine rings is 1. The third kappa shape index (κ3) is 6.74. The smallest absolute Gasteiger partial charge is 0.367 e. The second kappa shape index (κ2) is 12.1. The molecule has 2 fully saturated rings. The first-order chi connectivity index (χ1) is 20.6. The van der Waals surface area contributed by atoms with Gasteiger partial charge in [-0.15, -0.1) is 0 Å². The van der Waals surface area contributed by atoms with E-state index in [2.05, 4.69) is 10.1 Å². The number of rotatable bonds is 5. The van der Waals surface area contributed by atoms with Gasteiger partial charge >= 0.3 is 6.18 Å². The molecule has 4 heterocycles. The molecule has 1 unspecified atom stereocenters. The van der Waals surface area contributed by atoms with Crippen molar-refractivity contribution >= 4 is 33.0 Å². The van der Waals surface area contributed by atoms with Gasteiger partial charge in [0.15, 0.2) is 0 Å². The molecule has 2 aromatic rings. The maximum Gasteiger partial charge on any atom is 0.416 e. The van der Waals surface area contributed by atoms with Gasteiger partial charge in [0.25, 0.3) is 0 Å². The fourth-order valence-electron chi connectivity index (χ4n) is 6.41. The Labute approximate surface area is 256 Å². The number of likely N-dealkylation sites (tertiary alicyclic amines) is 1. The van der Waals surface area contributed by atoms with Gasteiger partial charge in [0, 0.05) is 81.8 Å². The highest BCUT2D eigenvalue weighted by molar-refractivity contribution is 7.91. The molecule has 240 valence electrons. The van der Waals surface area contributed by atoms with Crippen molar-refractivity contribution in [3.63, 3.8) is 0 Å². The molecule has 0 aliphatic carbocycles. The van der Waals surface area contributed by atoms with E-state index in [1.165, 1.54) is 18.4 Å². The first kappa shape index (κ1) is 31.9. The third-order valence-electron chi connectivity index (χ3n) is 8.76. The maximum absolute atomic E-state index is 13.8. The van der Waals surface area contributed by atoms with E-state index in [0.717, 1.165) is 17.5 Å². The zero-order valence-corrected chi connectivity index (χ0v) is 26.6. The van der Waals surface area contributed by atoms with Gasteiger partial charge in [0.1, 0.15) is 16.4 Å². The van der Waals surface area contributed by atoms with Crippen molar-refractivity contribution in [2.24, 2.45) is 4.99 Å². The lowest BCUT2D eigenvalue weighted by Gasteiger charge is -2.42. The van der Waals surface area contributed by atoms with Crippen LogP contribution in [0.3, 0.4) is 0 Å². The van der Waals surface area contributed by atoms with Crippen LogP contribution < -0.4 is 4.90 Å². The molecule has 5 rings (SSSR count). The number of benzene rings is 1. The number of aromatic nitrogens is 2. The SMILES string of the molecule is Cc1cc(C)n(CC(=O)N2CCN(c3ccc(C(F)(F)F)cc3C3=CN=C(N4CCC(S(C)(=O)=O)CC4)N(C)C3)CC2C)n1. The zero-order valence-electron chi connectivity index (χ0n) is 25.8. The lowest BCUT2D eigenvalue weighted by Crippen LogP contribution is -2.55. The Morgan fingerprint density at radius 2 is 1.75 bits per heavy atom. The number of carbonyl (C=O) groups is 1. The summed E-state index contributed by atoms with van der Waals surface area (Å²) in [6.45, 7) is 8.68. The van der Waals surface area contributed by atoms with Crippen molar-refractivity contribution in [1.29, 1.82) is 0 Å². The summed E-state index contributed by atoms with van der Waals surface area (Å²) in [4.78, 5) is 25.6. The van der Waals surface area contributed by atoms with Gasteiger partial charge < -0.3 is 19.6 Å². The fourth-order valence-corrected chi connectivity index (χ4v) is 7.48. The summed E-state index contributed by atoms with van der Waals surface area (Å²) in [6.07, 6.45) is -0.592. The summed E-state index contributed by atoms with van der Waals surface area (Å²) in [5.74, 6) is 0.632. The van der Waals surface area contributed by atoms with E-state index in [4.69, 9.17) is 0 Å². The molecule has 2 saturated heterocycles. The lowest BCUT2D eigenvalue weighted by molar-refractivity contribution is -0.137. The zero-order chi connectivity index (χ0) is 32.0. The van der Waals surface area contributed by atoms with Crippen LogP contribution >= 0.6 is 0 Å². The molecule has 44 heavy (non-hydrogen) atoms. The summed E-state index contributed by atoms with van der Waals surface area (Å²) in [6, 6.07) is 5.58. The molecule has 0 bridgehead atoms. The van der Waals surface area contributed by atoms with Crippen LogP contribution in [0.1, 0.15) is 42.3 Å². The summed E-state index contributed by atoms with van der Waals surface area (Å²) in [5.41, 5.74) is 2.80. The molecule has 0 N–H and O–H groups in total. The van der Waals surface area contributed by atoms with Crippen molar-refractivity contribution in [3.05, 3.63) is 53.0 Å². The normalized spacial score (nSPS) is 20.6. The van der Waals surface area contributed by atoms with E-state index in [9.17, 15) is 26.4 Å². The first-order valence-corrected chi connectivity index (χ1v) is 16.8. The average molecular weight is 636 g/mol. The Morgan fingerprint density at radius 3 is 2.32 bits per heavy atom. The number of sulfone groups is 1. The van der Waals surface area contributed by atoms with Crippen LogP contribution in [0, 0.1) is 13.8 Å². The van der Waals surface area contributed by atoms with Crippen LogP contribution in [-0.4, -0.2) is 109 Å². The number of aryl methyl sites for hydroxylation is 2. The predicted octanol–water partition coefficient (Wildman–Crippen LogP) is 3.41. The standard InChI is InChI=1S/C30H40F3N7O3S/c1-20-14-21(2)40(35-20)19-28(41)39-13-12-38(17-22(39)3)27-7-6-24(30(31,32)33)15-26(27)23-16-34-29(36(4)18-23)37-10-8-25(9-11-37)44(5,42)43/h6-7,14-16,22,25H,8-13,17-19H2,1-5H3. The van der Waals surface area contributed by atoms with Crippen molar-refractivity contribution in [2.75, 3.05) is 57.5 Å². The molecular formula is C30H40F3N7O3S. The second-order valence-corrected chi connectivity index (χ2v) is 14.5. The molecular weight excluding hydrogens is 595 g/mol. The molecule has 0 spiro atoms. The van der Waals surface area contributed by atoms with E-state index in [1.807, 2.05) is 53.5 Å². The van der Waals surface area contributed by atoms with Crippen molar-refractivity contribution in [1.82, 2.24) is 24.5 Å². The van der Waals surface area contributed by atoms with Gasteiger partial charge in [-0.1, -0.05) is 0 Å². The van der Waals surface area contributed by atoms with Crippen LogP contribution in [0.25, 0.3) is 5.57 Å². The quantitative estimate of drug-likeness (QED) is 0.497. The fraction of sp³-hybridized carbons (Fsp3) is 0.567. The van der Waals surface area contributed by atoms with Gasteiger partial charge in [0.05, 0.1) is 16.5 Å². The number of anilines is 1. The molecule has 1 amide bonds. The van der Waals surface area contributed by atoms with Crippen LogP contribution in [0.2, 0.25) is 0 Å². The minimum absolute atomic E-state index is 0.0463. The number of nitrogens with zero attached hydrogens (tertiary/aromatic N) is 7. The number of carbonyl (C=O) groups excluding carboxylic acids is 1. The molecule has 1 atom stereocenters. The number of alkyl halides is 3. The Kier molecular flexibility index (Phi) is 8.76. The number of hydrogen-bond donors (Lipinski definition) is 0. The Balaban J connectivity index is 1.37. The number of aliphatic imine (C=N–C) groups is 1. The van der Waals surface area contributed by atoms with Crippen LogP contribution in [-0.2, 0) is 27.4 Å². The van der Waals surface area contributed by atoms with E-state index in [1.54, 1.807) is 10.9 Å². The number of guanidine groups is 1. The van der Waals surface area contributed by atoms with Crippen LogP contribution in [0.5, 0.6) is 0 Å². The van der Waals surface area contributed by atoms with E-state index >= 15 is 0 Å². The van der Waals surface area contributed by atoms with Crippen LogP contribution in [0.4, 0.5) is 18.9 Å². The largest absolute Gasteiger partial charge is 0.416 e. The minimum atomic E-state index is -4.51. The maximum atomic E-state index is 13.8. The van der Waals surface area contributed by atoms with Crippen molar-refractivity contribution < 1.29 is 26.4 Å². The monoisotopic (exact) mass is 635 g/mol. The molecule has 0 radical (unpaired) electrons. The first-order valence-electron chi connectivity index (χ1n) is 14.8. The molecule has 1 aromatic heterocycles. The Morgan fingerprint density at radius 1 is 1.05 bits per heavy atom. The second-order valence-electron chi connectivity index (χ2n) is 12.2. The number of piperazine rings is 1. The molecule has 10 nitrogen and oxygen atoms in total. The minimum Gasteiger partial charge on any atom is -0.367 e. The molecule has 3 aliphatic rings. The van der Waals surface area contributed by atoms with Gasteiger partial charge in [-0.2, -0.15) is 18.3 Å². The van der Waals surface area contributed by atoms with Gasteiger partial charge in [-0.05, 0) is 63.5 Å². The van der Waals surface area contributed by atoms with E-state index in [-0.39, 0.29) is 23.7 Å². The Hall–Kier alpha value is -3.55. The van der Waals surface area contributed by atoms with Gasteiger partial charge in [0.2, 0.25) is 11.9 Å². The van der Waals surface area contributed by atoms with Gasteiger partial charge in [-0.3, -0.25) is 9.48 Å². The van der Waals surface area contributed by atoms with Crippen molar-refractivity contribution in [3.8, 4) is 0 Å². The summed E-state index contributed by atoms with van der Waals surface area (Å²) in [7, 11) is -1.27. The Bertz CT molecular complexity index is 1580. The predicted molar refractivity (Wildman–Crippen MR) is 164 cm³/mol. The number of likely N-dealkylation sites (N-methyl/N-ethyl adjacent to an activating group) is 1. The van der Waals surface area contributed by atoms with Crippen molar-refractivity contribution in [2.45, 2.75) is 57.6 Å². The molecule has 1 aromatic carbocycles. The van der Waals surface area contributed by atoms with Gasteiger partial charge in [-0.25, -0.2) is 13.4 Å². The number of hydrogen-bond acceptors (Lipinski definition) is 8. The highest BCUT2D eigenvalue weighted by atomic mass is 32.2. The molecule has 0 saturated carbocycles.